The summed E-state index contributed by atoms with van der Waals surface area (Å²) in [6.07, 6.45) is 3.83. The van der Waals surface area contributed by atoms with E-state index in [1.54, 1.807) is 0 Å². The second-order valence-corrected chi connectivity index (χ2v) is 4.12. The maximum absolute atomic E-state index is 5.50. The van der Waals surface area contributed by atoms with Gasteiger partial charge in [0.2, 0.25) is 11.1 Å². The maximum Gasteiger partial charge on any atom is 0.233 e. The van der Waals surface area contributed by atoms with E-state index in [1.165, 1.54) is 11.5 Å². The van der Waals surface area contributed by atoms with Crippen LogP contribution in [-0.4, -0.2) is 25.5 Å². The number of hydrogen-bond acceptors (Lipinski definition) is 6. The Morgan fingerprint density at radius 3 is 3.13 bits per heavy atom. The highest BCUT2D eigenvalue weighted by Crippen LogP contribution is 2.22. The fourth-order valence-corrected chi connectivity index (χ4v) is 2.31. The summed E-state index contributed by atoms with van der Waals surface area (Å²) in [5.41, 5.74) is 5.50. The van der Waals surface area contributed by atoms with E-state index in [9.17, 15) is 0 Å². The Hall–Kier alpha value is -1.63. The molecule has 1 aliphatic rings. The van der Waals surface area contributed by atoms with Crippen LogP contribution in [0.1, 0.15) is 5.82 Å². The van der Waals surface area contributed by atoms with Crippen LogP contribution in [0.5, 0.6) is 0 Å². The van der Waals surface area contributed by atoms with Gasteiger partial charge in [0.25, 0.3) is 0 Å². The topological polar surface area (TPSA) is 72.9 Å². The Bertz CT molecular complexity index is 475. The number of imidazole rings is 1. The predicted octanol–water partition coefficient (Wildman–Crippen LogP) is 0.337. The monoisotopic (exact) mass is 222 g/mol. The third kappa shape index (κ3) is 1.44. The number of rotatable bonds is 1. The number of anilines is 2. The standard InChI is InChI=1S/C8H10N6S/c9-7-11-8(15-12-7)14-4-3-13-2-1-10-6(13)5-14/h1-2H,3-5H2,(H2,9,12). The largest absolute Gasteiger partial charge is 0.367 e. The van der Waals surface area contributed by atoms with Crippen molar-refractivity contribution in [3.63, 3.8) is 0 Å². The summed E-state index contributed by atoms with van der Waals surface area (Å²) in [7, 11) is 0. The van der Waals surface area contributed by atoms with Gasteiger partial charge in [-0.15, -0.1) is 0 Å². The Morgan fingerprint density at radius 1 is 1.40 bits per heavy atom. The minimum absolute atomic E-state index is 0.351. The highest BCUT2D eigenvalue weighted by molar-refractivity contribution is 7.09. The van der Waals surface area contributed by atoms with Gasteiger partial charge in [-0.1, -0.05) is 0 Å². The average Bonchev–Trinajstić information content (AvgIpc) is 2.84. The molecule has 3 rings (SSSR count). The molecule has 15 heavy (non-hydrogen) atoms. The summed E-state index contributed by atoms with van der Waals surface area (Å²) in [6.45, 7) is 2.65. The number of fused-ring (bicyclic) bond motifs is 1. The number of nitrogens with two attached hydrogens (primary N) is 1. The molecule has 3 heterocycles. The van der Waals surface area contributed by atoms with E-state index < -0.39 is 0 Å². The number of nitrogen functional groups attached to an aromatic ring is 1. The van der Waals surface area contributed by atoms with Crippen LogP contribution < -0.4 is 10.6 Å². The Labute approximate surface area is 90.5 Å². The predicted molar refractivity (Wildman–Crippen MR) is 57.6 cm³/mol. The molecule has 0 saturated heterocycles. The second-order valence-electron chi connectivity index (χ2n) is 3.39. The number of nitrogens with zero attached hydrogens (tertiary/aromatic N) is 5. The minimum Gasteiger partial charge on any atom is -0.367 e. The van der Waals surface area contributed by atoms with Crippen LogP contribution in [0.3, 0.4) is 0 Å². The van der Waals surface area contributed by atoms with Gasteiger partial charge in [0.05, 0.1) is 6.54 Å². The SMILES string of the molecule is Nc1nsc(N2CCn3ccnc3C2)n1. The third-order valence-corrected chi connectivity index (χ3v) is 3.24. The van der Waals surface area contributed by atoms with E-state index in [-0.39, 0.29) is 0 Å². The average molecular weight is 222 g/mol. The molecular weight excluding hydrogens is 212 g/mol. The fourth-order valence-electron chi connectivity index (χ4n) is 1.69. The highest BCUT2D eigenvalue weighted by Gasteiger charge is 2.19. The van der Waals surface area contributed by atoms with Crippen molar-refractivity contribution in [3.8, 4) is 0 Å². The van der Waals surface area contributed by atoms with Crippen molar-refractivity contribution in [2.24, 2.45) is 0 Å². The summed E-state index contributed by atoms with van der Waals surface area (Å²) in [5, 5.41) is 0.877. The van der Waals surface area contributed by atoms with Crippen molar-refractivity contribution in [1.29, 1.82) is 0 Å². The van der Waals surface area contributed by atoms with E-state index in [0.29, 0.717) is 5.95 Å². The van der Waals surface area contributed by atoms with Crippen LogP contribution >= 0.6 is 11.5 Å². The molecular formula is C8H10N6S. The zero-order valence-electron chi connectivity index (χ0n) is 8.00. The minimum atomic E-state index is 0.351. The van der Waals surface area contributed by atoms with Crippen LogP contribution in [0.2, 0.25) is 0 Å². The molecule has 0 amide bonds. The van der Waals surface area contributed by atoms with Crippen molar-refractivity contribution < 1.29 is 0 Å². The lowest BCUT2D eigenvalue weighted by Crippen LogP contribution is -2.33. The smallest absolute Gasteiger partial charge is 0.233 e. The molecule has 0 fully saturated rings. The Balaban J connectivity index is 1.87. The van der Waals surface area contributed by atoms with Gasteiger partial charge >= 0.3 is 0 Å². The van der Waals surface area contributed by atoms with Gasteiger partial charge < -0.3 is 15.2 Å². The fraction of sp³-hybridized carbons (Fsp3) is 0.375. The highest BCUT2D eigenvalue weighted by atomic mass is 32.1. The van der Waals surface area contributed by atoms with Crippen LogP contribution in [0, 0.1) is 0 Å². The van der Waals surface area contributed by atoms with Crippen LogP contribution in [0.25, 0.3) is 0 Å². The molecule has 0 atom stereocenters. The van der Waals surface area contributed by atoms with Gasteiger partial charge in [-0.25, -0.2) is 4.98 Å². The molecule has 2 aromatic rings. The zero-order valence-corrected chi connectivity index (χ0v) is 8.81. The van der Waals surface area contributed by atoms with Gasteiger partial charge in [-0.05, 0) is 0 Å². The lowest BCUT2D eigenvalue weighted by molar-refractivity contribution is 0.559. The van der Waals surface area contributed by atoms with Gasteiger partial charge in [-0.3, -0.25) is 0 Å². The summed E-state index contributed by atoms with van der Waals surface area (Å²) in [5.74, 6) is 1.42. The van der Waals surface area contributed by atoms with Crippen molar-refractivity contribution in [2.45, 2.75) is 13.1 Å². The van der Waals surface area contributed by atoms with Crippen LogP contribution in [0.15, 0.2) is 12.4 Å². The molecule has 6 nitrogen and oxygen atoms in total. The van der Waals surface area contributed by atoms with Gasteiger partial charge in [0.1, 0.15) is 5.82 Å². The molecule has 2 aromatic heterocycles. The second kappa shape index (κ2) is 3.20. The first kappa shape index (κ1) is 8.66. The van der Waals surface area contributed by atoms with E-state index in [1.807, 2.05) is 12.4 Å². The van der Waals surface area contributed by atoms with E-state index >= 15 is 0 Å². The number of aromatic nitrogens is 4. The summed E-state index contributed by atoms with van der Waals surface area (Å²) < 4.78 is 6.13. The molecule has 1 aliphatic heterocycles. The normalized spacial score (nSPS) is 15.3. The molecule has 2 N–H and O–H groups in total. The molecule has 0 aromatic carbocycles. The first-order valence-electron chi connectivity index (χ1n) is 4.67. The Morgan fingerprint density at radius 2 is 2.33 bits per heavy atom. The van der Waals surface area contributed by atoms with E-state index in [2.05, 4.69) is 23.8 Å². The first-order chi connectivity index (χ1) is 7.33. The van der Waals surface area contributed by atoms with Gasteiger partial charge in [0.15, 0.2) is 0 Å². The molecule has 78 valence electrons. The Kier molecular flexibility index (Phi) is 1.84. The molecule has 7 heteroatoms. The molecule has 0 bridgehead atoms. The van der Waals surface area contributed by atoms with Crippen molar-refractivity contribution >= 4 is 22.6 Å². The lowest BCUT2D eigenvalue weighted by Gasteiger charge is -2.26. The van der Waals surface area contributed by atoms with E-state index in [0.717, 1.165) is 30.6 Å². The third-order valence-electron chi connectivity index (χ3n) is 2.45. The van der Waals surface area contributed by atoms with Crippen molar-refractivity contribution in [2.75, 3.05) is 17.2 Å². The molecule has 0 radical (unpaired) electrons. The lowest BCUT2D eigenvalue weighted by atomic mass is 10.4. The van der Waals surface area contributed by atoms with E-state index in [4.69, 9.17) is 5.73 Å². The summed E-state index contributed by atoms with van der Waals surface area (Å²) >= 11 is 1.34. The van der Waals surface area contributed by atoms with Crippen LogP contribution in [0.4, 0.5) is 11.1 Å². The molecule has 0 spiro atoms. The molecule has 0 unspecified atom stereocenters. The maximum atomic E-state index is 5.50. The molecule has 0 saturated carbocycles. The van der Waals surface area contributed by atoms with Gasteiger partial charge in [0, 0.05) is 37.0 Å². The quantitative estimate of drug-likeness (QED) is 0.753. The summed E-state index contributed by atoms with van der Waals surface area (Å²) in [6, 6.07) is 0. The first-order valence-corrected chi connectivity index (χ1v) is 5.44. The van der Waals surface area contributed by atoms with Crippen LogP contribution in [-0.2, 0) is 13.1 Å². The van der Waals surface area contributed by atoms with Crippen molar-refractivity contribution in [3.05, 3.63) is 18.2 Å². The van der Waals surface area contributed by atoms with Crippen molar-refractivity contribution in [1.82, 2.24) is 18.9 Å². The number of hydrogen-bond donors (Lipinski definition) is 1. The summed E-state index contributed by atoms with van der Waals surface area (Å²) in [4.78, 5) is 10.6. The molecule has 0 aliphatic carbocycles. The zero-order chi connectivity index (χ0) is 10.3. The van der Waals surface area contributed by atoms with Gasteiger partial charge in [-0.2, -0.15) is 9.36 Å².